The summed E-state index contributed by atoms with van der Waals surface area (Å²) in [6.45, 7) is -0.838. The number of rotatable bonds is 7. The van der Waals surface area contributed by atoms with Crippen molar-refractivity contribution in [2.45, 2.75) is 0 Å². The lowest BCUT2D eigenvalue weighted by Gasteiger charge is -2.12. The van der Waals surface area contributed by atoms with Crippen LogP contribution in [0.15, 0.2) is 54.2 Å². The van der Waals surface area contributed by atoms with E-state index >= 15 is 0 Å². The summed E-state index contributed by atoms with van der Waals surface area (Å²) in [5.74, 6) is -2.26. The van der Waals surface area contributed by atoms with Gasteiger partial charge in [-0.05, 0) is 35.9 Å². The van der Waals surface area contributed by atoms with Crippen LogP contribution in [0.5, 0.6) is 5.75 Å². The van der Waals surface area contributed by atoms with Crippen LogP contribution in [0.4, 0.5) is 14.9 Å². The van der Waals surface area contributed by atoms with Crippen LogP contribution in [0, 0.1) is 5.82 Å². The van der Waals surface area contributed by atoms with Crippen molar-refractivity contribution in [2.75, 3.05) is 18.5 Å². The van der Waals surface area contributed by atoms with Gasteiger partial charge in [-0.1, -0.05) is 24.3 Å². The number of para-hydroxylation sites is 1. The number of imide groups is 1. The Balaban J connectivity index is 1.64. The molecule has 0 radical (unpaired) electrons. The highest BCUT2D eigenvalue weighted by atomic mass is 19.1. The Hall–Kier alpha value is -4.21. The number of nitrogens with zero attached hydrogens (tertiary/aromatic N) is 1. The van der Waals surface area contributed by atoms with E-state index in [1.165, 1.54) is 30.3 Å². The summed E-state index contributed by atoms with van der Waals surface area (Å²) >= 11 is 0. The first-order valence-corrected chi connectivity index (χ1v) is 8.73. The van der Waals surface area contributed by atoms with Crippen LogP contribution in [0.1, 0.15) is 5.56 Å². The lowest BCUT2D eigenvalue weighted by atomic mass is 10.2. The van der Waals surface area contributed by atoms with Crippen molar-refractivity contribution >= 4 is 35.5 Å². The predicted molar refractivity (Wildman–Crippen MR) is 104 cm³/mol. The number of anilines is 1. The fraction of sp³-hybridized carbons (Fsp3) is 0.100. The number of nitrogens with two attached hydrogens (primary N) is 1. The van der Waals surface area contributed by atoms with Crippen molar-refractivity contribution in [3.63, 3.8) is 0 Å². The number of amides is 5. The number of hydrogen-bond donors (Lipinski definition) is 3. The van der Waals surface area contributed by atoms with Crippen LogP contribution < -0.4 is 21.1 Å². The molecule has 1 saturated heterocycles. The Kier molecular flexibility index (Phi) is 6.06. The van der Waals surface area contributed by atoms with Crippen LogP contribution in [0.25, 0.3) is 6.08 Å². The third-order valence-electron chi connectivity index (χ3n) is 3.98. The third kappa shape index (κ3) is 4.98. The van der Waals surface area contributed by atoms with Gasteiger partial charge >= 0.3 is 6.03 Å². The standard InChI is InChI=1S/C20H17FN4O5/c21-14-3-1-2-4-15(14)23-18(27)10-25-19(28)16(24-20(25)29)9-12-5-7-13(8-6-12)30-11-17(22)26/h1-9H,10-11H2,(H2,22,26)(H,23,27)(H,24,29)/b16-9-. The van der Waals surface area contributed by atoms with Crippen molar-refractivity contribution < 1.29 is 28.3 Å². The van der Waals surface area contributed by atoms with Crippen LogP contribution in [-0.2, 0) is 14.4 Å². The Morgan fingerprint density at radius 3 is 2.50 bits per heavy atom. The van der Waals surface area contributed by atoms with Gasteiger partial charge in [0.25, 0.3) is 11.8 Å². The highest BCUT2D eigenvalue weighted by molar-refractivity contribution is 6.15. The van der Waals surface area contributed by atoms with Crippen LogP contribution in [0.3, 0.4) is 0 Å². The lowest BCUT2D eigenvalue weighted by Crippen LogP contribution is -2.38. The molecule has 2 aromatic carbocycles. The number of carbonyl (C=O) groups is 4. The minimum Gasteiger partial charge on any atom is -0.484 e. The van der Waals surface area contributed by atoms with Crippen LogP contribution in [0.2, 0.25) is 0 Å². The van der Waals surface area contributed by atoms with Gasteiger partial charge in [-0.25, -0.2) is 14.1 Å². The molecule has 0 atom stereocenters. The zero-order valence-corrected chi connectivity index (χ0v) is 15.6. The summed E-state index contributed by atoms with van der Waals surface area (Å²) in [4.78, 5) is 48.1. The van der Waals surface area contributed by atoms with Crippen molar-refractivity contribution in [1.29, 1.82) is 0 Å². The van der Waals surface area contributed by atoms with E-state index in [0.29, 0.717) is 16.2 Å². The zero-order chi connectivity index (χ0) is 21.7. The van der Waals surface area contributed by atoms with E-state index in [2.05, 4.69) is 10.6 Å². The van der Waals surface area contributed by atoms with Gasteiger partial charge in [-0.15, -0.1) is 0 Å². The Morgan fingerprint density at radius 1 is 1.13 bits per heavy atom. The molecule has 0 saturated carbocycles. The van der Waals surface area contributed by atoms with Crippen molar-refractivity contribution in [3.8, 4) is 5.75 Å². The van der Waals surface area contributed by atoms with E-state index < -0.39 is 36.1 Å². The molecule has 5 amide bonds. The van der Waals surface area contributed by atoms with Gasteiger partial charge in [0.15, 0.2) is 6.61 Å². The maximum Gasteiger partial charge on any atom is 0.329 e. The molecule has 1 fully saturated rings. The van der Waals surface area contributed by atoms with Gasteiger partial charge in [0.1, 0.15) is 23.8 Å². The Morgan fingerprint density at radius 2 is 1.83 bits per heavy atom. The number of hydrogen-bond acceptors (Lipinski definition) is 5. The molecule has 10 heteroatoms. The second kappa shape index (κ2) is 8.86. The van der Waals surface area contributed by atoms with E-state index in [0.717, 1.165) is 0 Å². The van der Waals surface area contributed by atoms with Crippen LogP contribution in [-0.4, -0.2) is 41.8 Å². The minimum atomic E-state index is -0.767. The first-order valence-electron chi connectivity index (χ1n) is 8.73. The summed E-state index contributed by atoms with van der Waals surface area (Å²) in [5.41, 5.74) is 5.50. The number of primary amides is 1. The van der Waals surface area contributed by atoms with E-state index in [1.54, 1.807) is 24.3 Å². The minimum absolute atomic E-state index is 0.0236. The highest BCUT2D eigenvalue weighted by Gasteiger charge is 2.35. The third-order valence-corrected chi connectivity index (χ3v) is 3.98. The quantitative estimate of drug-likeness (QED) is 0.465. The average Bonchev–Trinajstić information content (AvgIpc) is 2.96. The molecule has 154 valence electrons. The molecule has 3 rings (SSSR count). The van der Waals surface area contributed by atoms with Gasteiger partial charge < -0.3 is 21.1 Å². The fourth-order valence-electron chi connectivity index (χ4n) is 2.59. The lowest BCUT2D eigenvalue weighted by molar-refractivity contribution is -0.127. The molecule has 0 unspecified atom stereocenters. The predicted octanol–water partition coefficient (Wildman–Crippen LogP) is 1.22. The number of carbonyl (C=O) groups excluding carboxylic acids is 4. The molecule has 0 bridgehead atoms. The monoisotopic (exact) mass is 412 g/mol. The Labute approximate surface area is 170 Å². The second-order valence-corrected chi connectivity index (χ2v) is 6.23. The maximum absolute atomic E-state index is 13.6. The maximum atomic E-state index is 13.6. The smallest absolute Gasteiger partial charge is 0.329 e. The van der Waals surface area contributed by atoms with Gasteiger partial charge in [0, 0.05) is 0 Å². The first-order chi connectivity index (χ1) is 14.3. The number of urea groups is 1. The van der Waals surface area contributed by atoms with Gasteiger partial charge in [0.05, 0.1) is 5.69 Å². The van der Waals surface area contributed by atoms with Gasteiger partial charge in [-0.2, -0.15) is 0 Å². The molecule has 0 aromatic heterocycles. The van der Waals surface area contributed by atoms with Gasteiger partial charge in [0.2, 0.25) is 5.91 Å². The average molecular weight is 412 g/mol. The van der Waals surface area contributed by atoms with Crippen LogP contribution >= 0.6 is 0 Å². The summed E-state index contributed by atoms with van der Waals surface area (Å²) in [6, 6.07) is 11.1. The molecule has 1 aliphatic rings. The first kappa shape index (κ1) is 20.5. The Bertz CT molecular complexity index is 1040. The van der Waals surface area contributed by atoms with Crippen molar-refractivity contribution in [1.82, 2.24) is 10.2 Å². The number of ether oxygens (including phenoxy) is 1. The number of halogens is 1. The normalized spacial score (nSPS) is 14.6. The summed E-state index contributed by atoms with van der Waals surface area (Å²) in [7, 11) is 0. The topological polar surface area (TPSA) is 131 Å². The summed E-state index contributed by atoms with van der Waals surface area (Å²) in [5, 5.41) is 4.70. The zero-order valence-electron chi connectivity index (χ0n) is 15.6. The molecule has 30 heavy (non-hydrogen) atoms. The molecule has 0 aliphatic carbocycles. The summed E-state index contributed by atoms with van der Waals surface area (Å²) in [6.07, 6.45) is 1.42. The largest absolute Gasteiger partial charge is 0.484 e. The second-order valence-electron chi connectivity index (χ2n) is 6.23. The summed E-state index contributed by atoms with van der Waals surface area (Å²) < 4.78 is 18.8. The molecule has 4 N–H and O–H groups in total. The SMILES string of the molecule is NC(=O)COc1ccc(/C=C2\NC(=O)N(CC(=O)Nc3ccccc3F)C2=O)cc1. The molecule has 1 aliphatic heterocycles. The fourth-order valence-corrected chi connectivity index (χ4v) is 2.59. The van der Waals surface area contributed by atoms with Crippen molar-refractivity contribution in [3.05, 3.63) is 65.6 Å². The molecule has 1 heterocycles. The van der Waals surface area contributed by atoms with E-state index in [-0.39, 0.29) is 18.0 Å². The number of benzene rings is 2. The van der Waals surface area contributed by atoms with Gasteiger partial charge in [-0.3, -0.25) is 14.4 Å². The van der Waals surface area contributed by atoms with Crippen molar-refractivity contribution in [2.24, 2.45) is 5.73 Å². The molecular formula is C20H17FN4O5. The molecular weight excluding hydrogens is 395 g/mol. The number of nitrogens with one attached hydrogen (secondary N) is 2. The highest BCUT2D eigenvalue weighted by Crippen LogP contribution is 2.18. The molecule has 2 aromatic rings. The molecule has 0 spiro atoms. The van der Waals surface area contributed by atoms with E-state index in [4.69, 9.17) is 10.5 Å². The van der Waals surface area contributed by atoms with E-state index in [9.17, 15) is 23.6 Å². The molecule has 9 nitrogen and oxygen atoms in total. The van der Waals surface area contributed by atoms with E-state index in [1.807, 2.05) is 0 Å².